The Morgan fingerprint density at radius 2 is 1.17 bits per heavy atom. The molecular weight excluding hydrogens is 362 g/mol. The molecule has 23 heavy (non-hydrogen) atoms. The van der Waals surface area contributed by atoms with Crippen molar-refractivity contribution in [3.8, 4) is 23.0 Å². The molecule has 0 amide bonds. The molecule has 0 spiro atoms. The molecule has 1 aromatic carbocycles. The van der Waals surface area contributed by atoms with Crippen LogP contribution in [0.15, 0.2) is 6.07 Å². The first kappa shape index (κ1) is 20.7. The van der Waals surface area contributed by atoms with Gasteiger partial charge in [-0.05, 0) is 0 Å². The Labute approximate surface area is 144 Å². The van der Waals surface area contributed by atoms with Gasteiger partial charge in [0.15, 0.2) is 0 Å². The number of carbonyl (C=O) groups is 4. The molecule has 0 atom stereocenters. The molecule has 0 aliphatic heterocycles. The van der Waals surface area contributed by atoms with Crippen molar-refractivity contribution >= 4 is 23.9 Å². The maximum absolute atomic E-state index is 11.2. The molecule has 1 rings (SSSR count). The summed E-state index contributed by atoms with van der Waals surface area (Å²) in [5.41, 5.74) is 0. The molecular formula is C14H13O8Zn-. The van der Waals surface area contributed by atoms with Gasteiger partial charge < -0.3 is 18.9 Å². The van der Waals surface area contributed by atoms with Crippen molar-refractivity contribution in [3.63, 3.8) is 0 Å². The van der Waals surface area contributed by atoms with E-state index in [1.165, 1.54) is 0 Å². The molecule has 0 radical (unpaired) electrons. The normalized spacial score (nSPS) is 9.22. The Morgan fingerprint density at radius 1 is 0.739 bits per heavy atom. The van der Waals surface area contributed by atoms with Crippen LogP contribution >= 0.6 is 0 Å². The van der Waals surface area contributed by atoms with E-state index in [1.807, 2.05) is 0 Å². The summed E-state index contributed by atoms with van der Waals surface area (Å²) in [7, 11) is 0. The Morgan fingerprint density at radius 3 is 1.61 bits per heavy atom. The number of hydrogen-bond donors (Lipinski definition) is 0. The minimum atomic E-state index is -0.768. The minimum Gasteiger partial charge on any atom is -0.487 e. The molecule has 0 heterocycles. The number of ether oxygens (including phenoxy) is 4. The van der Waals surface area contributed by atoms with E-state index in [0.29, 0.717) is 0 Å². The van der Waals surface area contributed by atoms with Crippen LogP contribution in [0.3, 0.4) is 0 Å². The van der Waals surface area contributed by atoms with Gasteiger partial charge in [-0.2, -0.15) is 0 Å². The van der Waals surface area contributed by atoms with E-state index in [1.54, 1.807) is 0 Å². The van der Waals surface area contributed by atoms with E-state index in [2.05, 4.69) is 6.07 Å². The summed E-state index contributed by atoms with van der Waals surface area (Å²) in [4.78, 5) is 44.5. The van der Waals surface area contributed by atoms with Gasteiger partial charge in [-0.15, -0.1) is 12.1 Å². The van der Waals surface area contributed by atoms with Crippen LogP contribution in [0.1, 0.15) is 27.7 Å². The maximum atomic E-state index is 11.2. The monoisotopic (exact) mass is 373 g/mol. The zero-order valence-electron chi connectivity index (χ0n) is 13.1. The summed E-state index contributed by atoms with van der Waals surface area (Å²) < 4.78 is 19.5. The SMILES string of the molecule is CC(=O)Oc1[c-]cc(OC(C)=O)c(OC(C)=O)c1OC(C)=O.[Zn]. The summed E-state index contributed by atoms with van der Waals surface area (Å²) in [6.07, 6.45) is 0. The topological polar surface area (TPSA) is 105 Å². The van der Waals surface area contributed by atoms with Gasteiger partial charge in [0.2, 0.25) is 0 Å². The third-order valence-electron chi connectivity index (χ3n) is 1.96. The quantitative estimate of drug-likeness (QED) is 0.335. The molecule has 0 fully saturated rings. The molecule has 0 saturated heterocycles. The number of esters is 4. The van der Waals surface area contributed by atoms with Crippen molar-refractivity contribution in [1.82, 2.24) is 0 Å². The van der Waals surface area contributed by atoms with E-state index < -0.39 is 29.6 Å². The molecule has 9 heteroatoms. The smallest absolute Gasteiger partial charge is 0.306 e. The van der Waals surface area contributed by atoms with Crippen LogP contribution in [0, 0.1) is 6.07 Å². The fourth-order valence-electron chi connectivity index (χ4n) is 1.40. The number of rotatable bonds is 4. The van der Waals surface area contributed by atoms with Crippen molar-refractivity contribution in [2.45, 2.75) is 27.7 Å². The molecule has 0 N–H and O–H groups in total. The third-order valence-corrected chi connectivity index (χ3v) is 1.96. The van der Waals surface area contributed by atoms with Crippen LogP contribution < -0.4 is 18.9 Å². The van der Waals surface area contributed by atoms with E-state index in [9.17, 15) is 19.2 Å². The second-order valence-electron chi connectivity index (χ2n) is 4.01. The molecule has 0 aromatic heterocycles. The van der Waals surface area contributed by atoms with Crippen molar-refractivity contribution in [3.05, 3.63) is 12.1 Å². The van der Waals surface area contributed by atoms with E-state index in [-0.39, 0.29) is 36.7 Å². The molecule has 0 saturated carbocycles. The average molecular weight is 375 g/mol. The molecule has 0 bridgehead atoms. The summed E-state index contributed by atoms with van der Waals surface area (Å²) >= 11 is 0. The van der Waals surface area contributed by atoms with Crippen molar-refractivity contribution < 1.29 is 57.6 Å². The van der Waals surface area contributed by atoms with Crippen molar-refractivity contribution in [2.75, 3.05) is 0 Å². The predicted molar refractivity (Wildman–Crippen MR) is 70.5 cm³/mol. The van der Waals surface area contributed by atoms with Crippen LogP contribution in [0.4, 0.5) is 0 Å². The van der Waals surface area contributed by atoms with Gasteiger partial charge >= 0.3 is 11.9 Å². The maximum Gasteiger partial charge on any atom is 0.306 e. The second-order valence-corrected chi connectivity index (χ2v) is 4.01. The minimum absolute atomic E-state index is 0. The van der Waals surface area contributed by atoms with E-state index >= 15 is 0 Å². The molecule has 0 aliphatic carbocycles. The Hall–Kier alpha value is -2.28. The number of carbonyl (C=O) groups excluding carboxylic acids is 4. The third kappa shape index (κ3) is 6.56. The second kappa shape index (κ2) is 9.00. The first-order chi connectivity index (χ1) is 10.2. The molecule has 0 aliphatic rings. The first-order valence-electron chi connectivity index (χ1n) is 6.03. The zero-order valence-corrected chi connectivity index (χ0v) is 16.0. The fraction of sp³-hybridized carbons (Fsp3) is 0.286. The number of hydrogen-bond acceptors (Lipinski definition) is 8. The van der Waals surface area contributed by atoms with Crippen LogP contribution in [-0.4, -0.2) is 23.9 Å². The van der Waals surface area contributed by atoms with Gasteiger partial charge in [0.1, 0.15) is 11.5 Å². The zero-order chi connectivity index (χ0) is 16.9. The molecule has 0 unspecified atom stereocenters. The van der Waals surface area contributed by atoms with Crippen molar-refractivity contribution in [2.24, 2.45) is 0 Å². The molecule has 120 valence electrons. The fourth-order valence-corrected chi connectivity index (χ4v) is 1.40. The standard InChI is InChI=1S/C14H13O8.Zn/c1-7(15)19-11-5-6-12(20-8(2)16)14(22-10(4)18)13(11)21-9(3)17;/h5H,1-4H3;/q-1;. The predicted octanol–water partition coefficient (Wildman–Crippen LogP) is 1.19. The average Bonchev–Trinajstić information content (AvgIpc) is 2.34. The largest absolute Gasteiger partial charge is 0.487 e. The summed E-state index contributed by atoms with van der Waals surface area (Å²) in [6, 6.07) is 3.59. The van der Waals surface area contributed by atoms with Gasteiger partial charge in [-0.25, -0.2) is 0 Å². The number of benzene rings is 1. The summed E-state index contributed by atoms with van der Waals surface area (Å²) in [5, 5.41) is 0. The molecule has 1 aromatic rings. The Bertz CT molecular complexity index is 583. The van der Waals surface area contributed by atoms with Gasteiger partial charge in [-0.3, -0.25) is 19.2 Å². The van der Waals surface area contributed by atoms with E-state index in [4.69, 9.17) is 18.9 Å². The summed E-state index contributed by atoms with van der Waals surface area (Å²) in [5.74, 6) is -4.19. The van der Waals surface area contributed by atoms with Gasteiger partial charge in [-0.1, -0.05) is 0 Å². The van der Waals surface area contributed by atoms with Crippen LogP contribution in [0.2, 0.25) is 0 Å². The summed E-state index contributed by atoms with van der Waals surface area (Å²) in [6.45, 7) is 4.44. The van der Waals surface area contributed by atoms with Crippen LogP contribution in [0.25, 0.3) is 0 Å². The van der Waals surface area contributed by atoms with Gasteiger partial charge in [0, 0.05) is 47.2 Å². The molecule has 8 nitrogen and oxygen atoms in total. The van der Waals surface area contributed by atoms with Gasteiger partial charge in [0.05, 0.1) is 11.5 Å². The van der Waals surface area contributed by atoms with E-state index in [0.717, 1.165) is 33.8 Å². The van der Waals surface area contributed by atoms with Gasteiger partial charge in [0.25, 0.3) is 11.9 Å². The van der Waals surface area contributed by atoms with Crippen LogP contribution in [-0.2, 0) is 38.7 Å². The van der Waals surface area contributed by atoms with Crippen LogP contribution in [0.5, 0.6) is 23.0 Å². The Balaban J connectivity index is 0.00000484. The first-order valence-corrected chi connectivity index (χ1v) is 6.03. The Kier molecular flexibility index (Phi) is 8.11. The van der Waals surface area contributed by atoms with Crippen molar-refractivity contribution in [1.29, 1.82) is 0 Å².